The lowest BCUT2D eigenvalue weighted by Gasteiger charge is -1.98. The molecule has 0 radical (unpaired) electrons. The fourth-order valence-corrected chi connectivity index (χ4v) is 1.02. The number of hydrogen-bond donors (Lipinski definition) is 2. The molecule has 2 nitrogen and oxygen atoms in total. The van der Waals surface area contributed by atoms with E-state index in [0.29, 0.717) is 4.47 Å². The van der Waals surface area contributed by atoms with Gasteiger partial charge in [-0.2, -0.15) is 0 Å². The molecule has 0 saturated heterocycles. The van der Waals surface area contributed by atoms with Crippen molar-refractivity contribution in [1.29, 1.82) is 0 Å². The van der Waals surface area contributed by atoms with E-state index in [4.69, 9.17) is 21.8 Å². The number of phenolic OH excluding ortho intramolecular Hbond substituents is 2. The van der Waals surface area contributed by atoms with Crippen LogP contribution in [-0.2, 0) is 0 Å². The van der Waals surface area contributed by atoms with Gasteiger partial charge in [0.2, 0.25) is 0 Å². The van der Waals surface area contributed by atoms with Crippen LogP contribution in [0.25, 0.3) is 0 Å². The van der Waals surface area contributed by atoms with E-state index in [2.05, 4.69) is 15.9 Å². The molecule has 0 aliphatic carbocycles. The van der Waals surface area contributed by atoms with E-state index in [0.717, 1.165) is 0 Å². The molecule has 0 unspecified atom stereocenters. The molecule has 0 aliphatic heterocycles. The molecule has 1 aromatic carbocycles. The van der Waals surface area contributed by atoms with Gasteiger partial charge >= 0.3 is 0 Å². The van der Waals surface area contributed by atoms with Crippen molar-refractivity contribution in [3.8, 4) is 11.5 Å². The first-order chi connectivity index (χ1) is 4.61. The molecule has 0 aliphatic rings. The van der Waals surface area contributed by atoms with Crippen LogP contribution in [0.15, 0.2) is 16.6 Å². The third-order valence-electron chi connectivity index (χ3n) is 1.02. The lowest BCUT2D eigenvalue weighted by molar-refractivity contribution is 0.457. The zero-order chi connectivity index (χ0) is 7.72. The topological polar surface area (TPSA) is 40.5 Å². The second-order valence-electron chi connectivity index (χ2n) is 1.76. The smallest absolute Gasteiger partial charge is 0.135 e. The van der Waals surface area contributed by atoms with Crippen molar-refractivity contribution < 1.29 is 10.2 Å². The maximum Gasteiger partial charge on any atom is 0.135 e. The highest BCUT2D eigenvalue weighted by Gasteiger charge is 2.02. The van der Waals surface area contributed by atoms with E-state index in [1.807, 2.05) is 0 Å². The Kier molecular flexibility index (Phi) is 2.06. The van der Waals surface area contributed by atoms with Crippen molar-refractivity contribution in [2.75, 3.05) is 0 Å². The fraction of sp³-hybridized carbons (Fsp3) is 0. The molecule has 0 amide bonds. The molecular formula is C6H4BrClO2. The van der Waals surface area contributed by atoms with Gasteiger partial charge in [0.25, 0.3) is 0 Å². The van der Waals surface area contributed by atoms with Gasteiger partial charge in [0.15, 0.2) is 0 Å². The number of rotatable bonds is 0. The SMILES string of the molecule is Oc1cc(Br)c(O)cc1Cl. The summed E-state index contributed by atoms with van der Waals surface area (Å²) in [5.41, 5.74) is 0. The zero-order valence-corrected chi connectivity index (χ0v) is 7.15. The maximum atomic E-state index is 8.98. The third kappa shape index (κ3) is 1.36. The maximum absolute atomic E-state index is 8.98. The highest BCUT2D eigenvalue weighted by Crippen LogP contribution is 2.33. The average molecular weight is 223 g/mol. The second-order valence-corrected chi connectivity index (χ2v) is 3.02. The number of aromatic hydroxyl groups is 2. The van der Waals surface area contributed by atoms with E-state index in [1.54, 1.807) is 0 Å². The zero-order valence-electron chi connectivity index (χ0n) is 4.81. The molecule has 0 bridgehead atoms. The van der Waals surface area contributed by atoms with Crippen LogP contribution in [-0.4, -0.2) is 10.2 Å². The minimum Gasteiger partial charge on any atom is -0.507 e. The van der Waals surface area contributed by atoms with Crippen molar-refractivity contribution in [2.45, 2.75) is 0 Å². The predicted molar refractivity (Wildman–Crippen MR) is 42.5 cm³/mol. The summed E-state index contributed by atoms with van der Waals surface area (Å²) in [4.78, 5) is 0. The van der Waals surface area contributed by atoms with E-state index in [-0.39, 0.29) is 16.5 Å². The summed E-state index contributed by atoms with van der Waals surface area (Å²) < 4.78 is 0.425. The molecule has 0 heterocycles. The quantitative estimate of drug-likeness (QED) is 0.664. The Balaban J connectivity index is 3.28. The normalized spacial score (nSPS) is 9.80. The van der Waals surface area contributed by atoms with Gasteiger partial charge in [0, 0.05) is 6.07 Å². The van der Waals surface area contributed by atoms with Crippen molar-refractivity contribution >= 4 is 27.5 Å². The van der Waals surface area contributed by atoms with Gasteiger partial charge in [0.05, 0.1) is 9.50 Å². The Morgan fingerprint density at radius 1 is 1.20 bits per heavy atom. The van der Waals surface area contributed by atoms with Crippen LogP contribution in [0.5, 0.6) is 11.5 Å². The van der Waals surface area contributed by atoms with E-state index < -0.39 is 0 Å². The Hall–Kier alpha value is -0.410. The summed E-state index contributed by atoms with van der Waals surface area (Å²) in [5.74, 6) is -0.0332. The Morgan fingerprint density at radius 2 is 1.80 bits per heavy atom. The van der Waals surface area contributed by atoms with Crippen LogP contribution in [0.1, 0.15) is 0 Å². The average Bonchev–Trinajstić information content (AvgIpc) is 1.84. The molecule has 0 aromatic heterocycles. The lowest BCUT2D eigenvalue weighted by Crippen LogP contribution is -1.70. The van der Waals surface area contributed by atoms with Crippen LogP contribution in [0, 0.1) is 0 Å². The highest BCUT2D eigenvalue weighted by molar-refractivity contribution is 9.10. The molecule has 0 saturated carbocycles. The van der Waals surface area contributed by atoms with Gasteiger partial charge in [-0.3, -0.25) is 0 Å². The van der Waals surface area contributed by atoms with Crippen molar-refractivity contribution in [2.24, 2.45) is 0 Å². The van der Waals surface area contributed by atoms with Gasteiger partial charge in [-0.15, -0.1) is 0 Å². The van der Waals surface area contributed by atoms with Crippen molar-refractivity contribution in [3.05, 3.63) is 21.6 Å². The van der Waals surface area contributed by atoms with Gasteiger partial charge in [0.1, 0.15) is 11.5 Å². The molecule has 10 heavy (non-hydrogen) atoms. The lowest BCUT2D eigenvalue weighted by atomic mass is 10.3. The van der Waals surface area contributed by atoms with Gasteiger partial charge in [-0.1, -0.05) is 11.6 Å². The molecule has 0 spiro atoms. The van der Waals surface area contributed by atoms with Crippen LogP contribution in [0.2, 0.25) is 5.02 Å². The van der Waals surface area contributed by atoms with Gasteiger partial charge in [-0.25, -0.2) is 0 Å². The van der Waals surface area contributed by atoms with Crippen LogP contribution >= 0.6 is 27.5 Å². The minimum atomic E-state index is -0.0497. The molecule has 0 atom stereocenters. The third-order valence-corrected chi connectivity index (χ3v) is 1.95. The number of halogens is 2. The fourth-order valence-electron chi connectivity index (χ4n) is 0.526. The highest BCUT2D eigenvalue weighted by atomic mass is 79.9. The van der Waals surface area contributed by atoms with E-state index in [1.165, 1.54) is 12.1 Å². The molecular weight excluding hydrogens is 219 g/mol. The first-order valence-corrected chi connectivity index (χ1v) is 3.65. The monoisotopic (exact) mass is 222 g/mol. The predicted octanol–water partition coefficient (Wildman–Crippen LogP) is 2.51. The summed E-state index contributed by atoms with van der Waals surface area (Å²) in [6, 6.07) is 2.60. The molecule has 1 aromatic rings. The van der Waals surface area contributed by atoms with E-state index in [9.17, 15) is 0 Å². The van der Waals surface area contributed by atoms with E-state index >= 15 is 0 Å². The summed E-state index contributed by atoms with van der Waals surface area (Å²) in [7, 11) is 0. The number of phenols is 2. The van der Waals surface area contributed by atoms with Gasteiger partial charge in [-0.05, 0) is 22.0 Å². The Labute approximate surface area is 71.2 Å². The van der Waals surface area contributed by atoms with Crippen molar-refractivity contribution in [3.63, 3.8) is 0 Å². The first kappa shape index (κ1) is 7.69. The van der Waals surface area contributed by atoms with Gasteiger partial charge < -0.3 is 10.2 Å². The molecule has 4 heteroatoms. The Bertz CT molecular complexity index is 212. The standard InChI is InChI=1S/C6H4BrClO2/c7-3-1-6(10)4(8)2-5(3)9/h1-2,9-10H. The van der Waals surface area contributed by atoms with Crippen molar-refractivity contribution in [1.82, 2.24) is 0 Å². The molecule has 54 valence electrons. The Morgan fingerprint density at radius 3 is 2.30 bits per heavy atom. The summed E-state index contributed by atoms with van der Waals surface area (Å²) >= 11 is 8.47. The second kappa shape index (κ2) is 2.68. The minimum absolute atomic E-state index is 0.0165. The van der Waals surface area contributed by atoms with Crippen LogP contribution in [0.3, 0.4) is 0 Å². The first-order valence-electron chi connectivity index (χ1n) is 2.48. The van der Waals surface area contributed by atoms with Crippen LogP contribution in [0.4, 0.5) is 0 Å². The number of hydrogen-bond acceptors (Lipinski definition) is 2. The number of benzene rings is 1. The molecule has 1 rings (SSSR count). The summed E-state index contributed by atoms with van der Waals surface area (Å²) in [6.07, 6.45) is 0. The molecule has 0 fully saturated rings. The van der Waals surface area contributed by atoms with Crippen LogP contribution < -0.4 is 0 Å². The molecule has 2 N–H and O–H groups in total. The summed E-state index contributed by atoms with van der Waals surface area (Å²) in [6.45, 7) is 0. The summed E-state index contributed by atoms with van der Waals surface area (Å²) in [5, 5.41) is 18.1. The largest absolute Gasteiger partial charge is 0.507 e.